The number of fused-ring (bicyclic) bond motifs is 8. The van der Waals surface area contributed by atoms with Gasteiger partial charge in [0.2, 0.25) is 0 Å². The van der Waals surface area contributed by atoms with Crippen LogP contribution in [-0.4, -0.2) is 9.55 Å². The standard InChI is InChI=1S/C41H31N2O2P.Pd/c44-46(30-13-3-1-4-14-30,31-15-5-2-6-16-31)32-17-9-12-28(26-32)45-29-23-24-35-37-21-10-20-36-33-18-7-8-19-34(33)38-22-11-25-42-41(38)43(40(36)37)39(35)27-29;/h1-6,9-17,20-25,33-34H,7-8,18-19H2;/q-2;+2. The summed E-state index contributed by atoms with van der Waals surface area (Å²) in [5, 5.41) is 4.48. The van der Waals surface area contributed by atoms with E-state index in [9.17, 15) is 4.57 Å². The Hall–Kier alpha value is -4.26. The summed E-state index contributed by atoms with van der Waals surface area (Å²) >= 11 is 0. The van der Waals surface area contributed by atoms with E-state index in [0.29, 0.717) is 28.6 Å². The molecule has 1 fully saturated rings. The average Bonchev–Trinajstić information content (AvgIpc) is 3.39. The van der Waals surface area contributed by atoms with Crippen molar-refractivity contribution in [3.63, 3.8) is 0 Å². The number of pyridine rings is 1. The topological polar surface area (TPSA) is 44.1 Å². The molecular weight excluding hydrogens is 690 g/mol. The molecule has 2 atom stereocenters. The SMILES string of the molecule is O=P(c1[c-]c(Oc2[c-]c3c(cc2)c2cccc4c2n3-c2ncccc2C2CCCCC42)ccc1)(c1ccccc1)c1ccccc1.[Pd+2]. The predicted molar refractivity (Wildman–Crippen MR) is 186 cm³/mol. The van der Waals surface area contributed by atoms with Crippen LogP contribution in [0.5, 0.6) is 11.5 Å². The molecule has 0 saturated heterocycles. The minimum absolute atomic E-state index is 0. The second-order valence-electron chi connectivity index (χ2n) is 12.4. The fraction of sp³-hybridized carbons (Fsp3) is 0.146. The normalized spacial score (nSPS) is 16.9. The van der Waals surface area contributed by atoms with Gasteiger partial charge in [-0.3, -0.25) is 0 Å². The Kier molecular flexibility index (Phi) is 7.73. The van der Waals surface area contributed by atoms with Crippen molar-refractivity contribution in [1.29, 1.82) is 0 Å². The minimum Gasteiger partial charge on any atom is -0.509 e. The van der Waals surface area contributed by atoms with Crippen LogP contribution < -0.4 is 20.7 Å². The Balaban J connectivity index is 0.00000324. The molecule has 6 heteroatoms. The van der Waals surface area contributed by atoms with E-state index in [1.807, 2.05) is 91.1 Å². The molecule has 0 N–H and O–H groups in total. The summed E-state index contributed by atoms with van der Waals surface area (Å²) in [6.07, 6.45) is 6.79. The van der Waals surface area contributed by atoms with E-state index in [2.05, 4.69) is 53.1 Å². The van der Waals surface area contributed by atoms with Crippen LogP contribution in [0.4, 0.5) is 0 Å². The number of rotatable bonds is 5. The maximum Gasteiger partial charge on any atom is 2.00 e. The minimum atomic E-state index is -3.19. The Labute approximate surface area is 288 Å². The van der Waals surface area contributed by atoms with E-state index in [0.717, 1.165) is 27.3 Å². The molecule has 1 aliphatic carbocycles. The Morgan fingerprint density at radius 1 is 0.660 bits per heavy atom. The predicted octanol–water partition coefficient (Wildman–Crippen LogP) is 8.96. The summed E-state index contributed by atoms with van der Waals surface area (Å²) in [6.45, 7) is 0. The molecule has 2 aliphatic rings. The molecular formula is C41H31N2O2PPd. The summed E-state index contributed by atoms with van der Waals surface area (Å²) in [7, 11) is -3.19. The van der Waals surface area contributed by atoms with Gasteiger partial charge in [-0.25, -0.2) is 4.98 Å². The molecule has 0 amide bonds. The molecule has 2 aromatic heterocycles. The first-order valence-electron chi connectivity index (χ1n) is 16.1. The monoisotopic (exact) mass is 720 g/mol. The van der Waals surface area contributed by atoms with Crippen LogP contribution in [0.25, 0.3) is 27.6 Å². The molecule has 232 valence electrons. The van der Waals surface area contributed by atoms with Gasteiger partial charge in [0, 0.05) is 33.8 Å². The molecule has 0 spiro atoms. The average molecular weight is 721 g/mol. The molecule has 9 rings (SSSR count). The van der Waals surface area contributed by atoms with E-state index < -0.39 is 7.14 Å². The van der Waals surface area contributed by atoms with Gasteiger partial charge in [0.25, 0.3) is 0 Å². The van der Waals surface area contributed by atoms with Crippen LogP contribution in [-0.2, 0) is 25.0 Å². The molecule has 1 aliphatic heterocycles. The van der Waals surface area contributed by atoms with Crippen molar-refractivity contribution in [2.75, 3.05) is 0 Å². The Morgan fingerprint density at radius 2 is 1.32 bits per heavy atom. The zero-order valence-electron chi connectivity index (χ0n) is 25.6. The number of hydrogen-bond donors (Lipinski definition) is 0. The summed E-state index contributed by atoms with van der Waals surface area (Å²) < 4.78 is 23.8. The summed E-state index contributed by atoms with van der Waals surface area (Å²) in [5.74, 6) is 3.01. The van der Waals surface area contributed by atoms with Crippen molar-refractivity contribution in [3.8, 4) is 17.3 Å². The van der Waals surface area contributed by atoms with Crippen LogP contribution in [0, 0.1) is 12.1 Å². The molecule has 7 aromatic rings. The molecule has 1 saturated carbocycles. The molecule has 3 heterocycles. The van der Waals surface area contributed by atoms with Crippen molar-refractivity contribution < 1.29 is 29.7 Å². The van der Waals surface area contributed by atoms with Crippen LogP contribution in [0.1, 0.15) is 48.6 Å². The van der Waals surface area contributed by atoms with Gasteiger partial charge in [0.15, 0.2) is 0 Å². The van der Waals surface area contributed by atoms with E-state index in [-0.39, 0.29) is 20.4 Å². The first-order chi connectivity index (χ1) is 22.7. The van der Waals surface area contributed by atoms with E-state index in [4.69, 9.17) is 9.72 Å². The fourth-order valence-corrected chi connectivity index (χ4v) is 10.4. The molecule has 0 radical (unpaired) electrons. The number of benzene rings is 5. The third kappa shape index (κ3) is 4.84. The summed E-state index contributed by atoms with van der Waals surface area (Å²) in [6, 6.07) is 47.2. The number of aromatic nitrogens is 2. The second-order valence-corrected chi connectivity index (χ2v) is 15.1. The van der Waals surface area contributed by atoms with E-state index >= 15 is 0 Å². The second kappa shape index (κ2) is 12.1. The van der Waals surface area contributed by atoms with Crippen molar-refractivity contribution in [2.24, 2.45) is 0 Å². The maximum absolute atomic E-state index is 15.0. The first-order valence-corrected chi connectivity index (χ1v) is 17.8. The van der Waals surface area contributed by atoms with Gasteiger partial charge >= 0.3 is 20.4 Å². The van der Waals surface area contributed by atoms with Crippen LogP contribution >= 0.6 is 7.14 Å². The number of hydrogen-bond acceptors (Lipinski definition) is 3. The third-order valence-electron chi connectivity index (χ3n) is 9.85. The first kappa shape index (κ1) is 30.1. The summed E-state index contributed by atoms with van der Waals surface area (Å²) in [5.41, 5.74) is 4.92. The van der Waals surface area contributed by atoms with Crippen LogP contribution in [0.3, 0.4) is 0 Å². The third-order valence-corrected chi connectivity index (χ3v) is 12.8. The quantitative estimate of drug-likeness (QED) is 0.101. The van der Waals surface area contributed by atoms with E-state index in [1.54, 1.807) is 0 Å². The van der Waals surface area contributed by atoms with Crippen molar-refractivity contribution >= 4 is 44.9 Å². The van der Waals surface area contributed by atoms with Crippen molar-refractivity contribution in [2.45, 2.75) is 37.5 Å². The molecule has 4 nitrogen and oxygen atoms in total. The van der Waals surface area contributed by atoms with Gasteiger partial charge in [-0.15, -0.1) is 29.7 Å². The fourth-order valence-electron chi connectivity index (χ4n) is 7.83. The molecule has 0 bridgehead atoms. The van der Waals surface area contributed by atoms with Crippen LogP contribution in [0.2, 0.25) is 0 Å². The van der Waals surface area contributed by atoms with Gasteiger partial charge in [-0.2, -0.15) is 18.2 Å². The number of nitrogens with zero attached hydrogens (tertiary/aromatic N) is 2. The maximum atomic E-state index is 15.0. The smallest absolute Gasteiger partial charge is 0.509 e. The molecule has 2 unspecified atom stereocenters. The van der Waals surface area contributed by atoms with Gasteiger partial charge in [0.1, 0.15) is 13.0 Å². The van der Waals surface area contributed by atoms with Gasteiger partial charge in [0.05, 0.1) is 0 Å². The number of ether oxygens (including phenoxy) is 1. The van der Waals surface area contributed by atoms with Crippen molar-refractivity contribution in [1.82, 2.24) is 9.55 Å². The summed E-state index contributed by atoms with van der Waals surface area (Å²) in [4.78, 5) is 4.99. The molecule has 5 aromatic carbocycles. The zero-order valence-corrected chi connectivity index (χ0v) is 28.0. The van der Waals surface area contributed by atoms with E-state index in [1.165, 1.54) is 47.7 Å². The van der Waals surface area contributed by atoms with Gasteiger partial charge < -0.3 is 13.9 Å². The van der Waals surface area contributed by atoms with Gasteiger partial charge in [-0.05, 0) is 47.3 Å². The largest absolute Gasteiger partial charge is 2.00 e. The Bertz CT molecular complexity index is 2260. The van der Waals surface area contributed by atoms with Crippen LogP contribution in [0.15, 0.2) is 128 Å². The zero-order chi connectivity index (χ0) is 30.7. The number of para-hydroxylation sites is 1. The molecule has 47 heavy (non-hydrogen) atoms. The van der Waals surface area contributed by atoms with Crippen molar-refractivity contribution in [3.05, 3.63) is 151 Å². The Morgan fingerprint density at radius 3 is 2.06 bits per heavy atom. The van der Waals surface area contributed by atoms with Gasteiger partial charge in [-0.1, -0.05) is 109 Å².